The van der Waals surface area contributed by atoms with Gasteiger partial charge in [0.2, 0.25) is 5.91 Å². The summed E-state index contributed by atoms with van der Waals surface area (Å²) in [6, 6.07) is 21.6. The molecule has 5 rings (SSSR count). The molecular formula is C26H31N3O. The molecule has 4 nitrogen and oxygen atoms in total. The second kappa shape index (κ2) is 8.65. The highest BCUT2D eigenvalue weighted by molar-refractivity contribution is 5.89. The number of hydrogen-bond acceptors (Lipinski definition) is 2. The largest absolute Gasteiger partial charge is 0.354 e. The SMILES string of the molecule is O=C(Cn1c(-c2ccccc2)cc2ccccc21)NC[C@H]1CCCN2CCCC[C@H]12. The van der Waals surface area contributed by atoms with Gasteiger partial charge in [-0.15, -0.1) is 0 Å². The molecule has 2 saturated heterocycles. The molecule has 2 aromatic carbocycles. The molecule has 2 aliphatic rings. The van der Waals surface area contributed by atoms with E-state index in [4.69, 9.17) is 0 Å². The zero-order valence-corrected chi connectivity index (χ0v) is 17.6. The van der Waals surface area contributed by atoms with Crippen molar-refractivity contribution >= 4 is 16.8 Å². The number of carbonyl (C=O) groups is 1. The molecule has 0 spiro atoms. The Kier molecular flexibility index (Phi) is 5.58. The van der Waals surface area contributed by atoms with Gasteiger partial charge in [0.05, 0.1) is 0 Å². The topological polar surface area (TPSA) is 37.3 Å². The first-order valence-corrected chi connectivity index (χ1v) is 11.4. The van der Waals surface area contributed by atoms with E-state index in [2.05, 4.69) is 63.3 Å². The lowest BCUT2D eigenvalue weighted by atomic mass is 9.83. The predicted octanol–water partition coefficient (Wildman–Crippen LogP) is 4.69. The van der Waals surface area contributed by atoms with Gasteiger partial charge in [-0.25, -0.2) is 0 Å². The number of para-hydroxylation sites is 1. The van der Waals surface area contributed by atoms with Crippen LogP contribution in [0, 0.1) is 5.92 Å². The van der Waals surface area contributed by atoms with Gasteiger partial charge in [-0.3, -0.25) is 4.79 Å². The second-order valence-electron chi connectivity index (χ2n) is 8.85. The van der Waals surface area contributed by atoms with E-state index in [0.717, 1.165) is 23.3 Å². The van der Waals surface area contributed by atoms with Crippen molar-refractivity contribution in [3.8, 4) is 11.3 Å². The molecule has 0 bridgehead atoms. The van der Waals surface area contributed by atoms with Gasteiger partial charge in [-0.2, -0.15) is 0 Å². The quantitative estimate of drug-likeness (QED) is 0.673. The summed E-state index contributed by atoms with van der Waals surface area (Å²) in [5.41, 5.74) is 3.36. The van der Waals surface area contributed by atoms with E-state index < -0.39 is 0 Å². The third kappa shape index (κ3) is 3.89. The molecule has 0 saturated carbocycles. The van der Waals surface area contributed by atoms with E-state index in [1.807, 2.05) is 12.1 Å². The maximum Gasteiger partial charge on any atom is 0.239 e. The number of nitrogens with zero attached hydrogens (tertiary/aromatic N) is 2. The van der Waals surface area contributed by atoms with Crippen LogP contribution in [0.4, 0.5) is 0 Å². The van der Waals surface area contributed by atoms with Crippen molar-refractivity contribution in [2.75, 3.05) is 19.6 Å². The van der Waals surface area contributed by atoms with Gasteiger partial charge in [0.25, 0.3) is 0 Å². The van der Waals surface area contributed by atoms with E-state index in [9.17, 15) is 4.79 Å². The molecule has 30 heavy (non-hydrogen) atoms. The third-order valence-electron chi connectivity index (χ3n) is 6.97. The van der Waals surface area contributed by atoms with Crippen molar-refractivity contribution < 1.29 is 4.79 Å². The number of nitrogens with one attached hydrogen (secondary N) is 1. The summed E-state index contributed by atoms with van der Waals surface area (Å²) in [4.78, 5) is 15.7. The van der Waals surface area contributed by atoms with E-state index in [1.165, 1.54) is 50.6 Å². The molecule has 1 aromatic heterocycles. The summed E-state index contributed by atoms with van der Waals surface area (Å²) < 4.78 is 2.16. The number of hydrogen-bond donors (Lipinski definition) is 1. The number of amides is 1. The standard InChI is InChI=1S/C26H31N3O/c30-26(27-18-22-12-8-16-28-15-7-6-13-23(22)28)19-29-24-14-5-4-11-21(24)17-25(29)20-9-2-1-3-10-20/h1-5,9-11,14,17,22-23H,6-8,12-13,15-16,18-19H2,(H,27,30)/t22-,23-/m1/s1. The van der Waals surface area contributed by atoms with Crippen molar-refractivity contribution in [3.05, 3.63) is 60.7 Å². The van der Waals surface area contributed by atoms with Crippen LogP contribution in [-0.4, -0.2) is 41.1 Å². The maximum atomic E-state index is 13.0. The molecule has 1 amide bonds. The van der Waals surface area contributed by atoms with Crippen LogP contribution >= 0.6 is 0 Å². The highest BCUT2D eigenvalue weighted by Gasteiger charge is 2.32. The van der Waals surface area contributed by atoms with Gasteiger partial charge < -0.3 is 14.8 Å². The van der Waals surface area contributed by atoms with Gasteiger partial charge in [0, 0.05) is 29.2 Å². The highest BCUT2D eigenvalue weighted by Crippen LogP contribution is 2.31. The molecule has 0 unspecified atom stereocenters. The van der Waals surface area contributed by atoms with Gasteiger partial charge in [-0.05, 0) is 62.4 Å². The zero-order chi connectivity index (χ0) is 20.3. The second-order valence-corrected chi connectivity index (χ2v) is 8.85. The van der Waals surface area contributed by atoms with Crippen LogP contribution < -0.4 is 5.32 Å². The summed E-state index contributed by atoms with van der Waals surface area (Å²) in [5.74, 6) is 0.708. The van der Waals surface area contributed by atoms with Crippen LogP contribution in [0.3, 0.4) is 0 Å². The molecule has 3 heterocycles. The van der Waals surface area contributed by atoms with Crippen LogP contribution in [0.15, 0.2) is 60.7 Å². The predicted molar refractivity (Wildman–Crippen MR) is 122 cm³/mol. The molecule has 2 atom stereocenters. The Morgan fingerprint density at radius 3 is 2.63 bits per heavy atom. The number of benzene rings is 2. The Morgan fingerprint density at radius 2 is 1.73 bits per heavy atom. The fourth-order valence-electron chi connectivity index (χ4n) is 5.49. The maximum absolute atomic E-state index is 13.0. The van der Waals surface area contributed by atoms with Crippen molar-refractivity contribution in [2.45, 2.75) is 44.7 Å². The number of aromatic nitrogens is 1. The fraction of sp³-hybridized carbons (Fsp3) is 0.423. The minimum atomic E-state index is 0.112. The van der Waals surface area contributed by atoms with Gasteiger partial charge in [-0.1, -0.05) is 55.0 Å². The monoisotopic (exact) mass is 401 g/mol. The Labute approximate surface area is 178 Å². The smallest absolute Gasteiger partial charge is 0.239 e. The van der Waals surface area contributed by atoms with Gasteiger partial charge >= 0.3 is 0 Å². The number of rotatable bonds is 5. The first kappa shape index (κ1) is 19.4. The van der Waals surface area contributed by atoms with Crippen LogP contribution in [0.1, 0.15) is 32.1 Å². The van der Waals surface area contributed by atoms with Crippen molar-refractivity contribution in [1.29, 1.82) is 0 Å². The molecule has 0 aliphatic carbocycles. The molecule has 4 heteroatoms. The lowest BCUT2D eigenvalue weighted by Crippen LogP contribution is -2.51. The van der Waals surface area contributed by atoms with Crippen LogP contribution in [0.2, 0.25) is 0 Å². The Balaban J connectivity index is 1.32. The molecule has 2 aliphatic heterocycles. The Morgan fingerprint density at radius 1 is 0.933 bits per heavy atom. The molecule has 3 aromatic rings. The molecular weight excluding hydrogens is 370 g/mol. The minimum Gasteiger partial charge on any atom is -0.354 e. The van der Waals surface area contributed by atoms with Gasteiger partial charge in [0.1, 0.15) is 6.54 Å². The summed E-state index contributed by atoms with van der Waals surface area (Å²) in [6.45, 7) is 3.65. The summed E-state index contributed by atoms with van der Waals surface area (Å²) in [5, 5.41) is 4.46. The van der Waals surface area contributed by atoms with E-state index in [1.54, 1.807) is 0 Å². The summed E-state index contributed by atoms with van der Waals surface area (Å²) in [7, 11) is 0. The minimum absolute atomic E-state index is 0.112. The van der Waals surface area contributed by atoms with Crippen LogP contribution in [0.25, 0.3) is 22.2 Å². The average Bonchev–Trinajstić information content (AvgIpc) is 3.16. The lowest BCUT2D eigenvalue weighted by Gasteiger charge is -2.44. The summed E-state index contributed by atoms with van der Waals surface area (Å²) >= 11 is 0. The number of piperidine rings is 2. The van der Waals surface area contributed by atoms with Crippen LogP contribution in [-0.2, 0) is 11.3 Å². The Hall–Kier alpha value is -2.59. The summed E-state index contributed by atoms with van der Waals surface area (Å²) in [6.07, 6.45) is 6.46. The zero-order valence-electron chi connectivity index (χ0n) is 17.6. The first-order valence-electron chi connectivity index (χ1n) is 11.4. The molecule has 2 fully saturated rings. The van der Waals surface area contributed by atoms with Crippen molar-refractivity contribution in [2.24, 2.45) is 5.92 Å². The van der Waals surface area contributed by atoms with E-state index in [0.29, 0.717) is 18.5 Å². The Bertz CT molecular complexity index is 1010. The lowest BCUT2D eigenvalue weighted by molar-refractivity contribution is -0.122. The molecule has 0 radical (unpaired) electrons. The third-order valence-corrected chi connectivity index (χ3v) is 6.97. The number of fused-ring (bicyclic) bond motifs is 2. The van der Waals surface area contributed by atoms with Crippen molar-refractivity contribution in [3.63, 3.8) is 0 Å². The molecule has 1 N–H and O–H groups in total. The van der Waals surface area contributed by atoms with Crippen LogP contribution in [0.5, 0.6) is 0 Å². The fourth-order valence-corrected chi connectivity index (χ4v) is 5.49. The number of carbonyl (C=O) groups excluding carboxylic acids is 1. The average molecular weight is 402 g/mol. The van der Waals surface area contributed by atoms with E-state index in [-0.39, 0.29) is 5.91 Å². The van der Waals surface area contributed by atoms with E-state index >= 15 is 0 Å². The first-order chi connectivity index (χ1) is 14.8. The highest BCUT2D eigenvalue weighted by atomic mass is 16.1. The van der Waals surface area contributed by atoms with Crippen molar-refractivity contribution in [1.82, 2.24) is 14.8 Å². The molecule has 156 valence electrons. The van der Waals surface area contributed by atoms with Gasteiger partial charge in [0.15, 0.2) is 0 Å². The normalized spacial score (nSPS) is 22.0.